The van der Waals surface area contributed by atoms with Crippen LogP contribution in [0.15, 0.2) is 0 Å². The van der Waals surface area contributed by atoms with Gasteiger partial charge in [-0.3, -0.25) is 0 Å². The van der Waals surface area contributed by atoms with E-state index in [1.165, 1.54) is 0 Å². The first kappa shape index (κ1) is 10.7. The fourth-order valence-corrected chi connectivity index (χ4v) is 0.888. The minimum atomic E-state index is -3.22. The van der Waals surface area contributed by atoms with Gasteiger partial charge in [-0.2, -0.15) is 21.0 Å². The van der Waals surface area contributed by atoms with Crippen LogP contribution in [0.4, 0.5) is 0 Å². The molecule has 11 heavy (non-hydrogen) atoms. The first-order valence-electron chi connectivity index (χ1n) is 2.73. The number of aliphatic hydroxyl groups is 1. The zero-order valence-corrected chi connectivity index (χ0v) is 7.26. The normalized spacial score (nSPS) is 13.0. The Balaban J connectivity index is 3.82. The first-order valence-corrected chi connectivity index (χ1v) is 4.46. The zero-order valence-electron chi connectivity index (χ0n) is 5.47. The molecular weight excluding hydrogens is 192 g/mol. The van der Waals surface area contributed by atoms with Crippen LogP contribution in [0.5, 0.6) is 0 Å². The highest BCUT2D eigenvalue weighted by Gasteiger charge is 2.15. The van der Waals surface area contributed by atoms with E-state index in [4.69, 9.17) is 5.11 Å². The predicted octanol–water partition coefficient (Wildman–Crippen LogP) is -1.26. The maximum Gasteiger partial charge on any atom is 0.350 e. The fourth-order valence-electron chi connectivity index (χ4n) is 0.374. The molecule has 0 saturated carbocycles. The lowest BCUT2D eigenvalue weighted by Crippen LogP contribution is -2.22. The molecule has 0 bridgehead atoms. The van der Waals surface area contributed by atoms with Gasteiger partial charge >= 0.3 is 17.0 Å². The van der Waals surface area contributed by atoms with E-state index in [1.807, 2.05) is 0 Å². The molecule has 0 radical (unpaired) electrons. The molecule has 0 saturated heterocycles. The second-order valence-electron chi connectivity index (χ2n) is 1.66. The summed E-state index contributed by atoms with van der Waals surface area (Å²) in [6, 6.07) is 0. The molecular formula is C4H8O5S2. The standard InChI is InChI=1S/C4H8O5S2/c5-3(1-2-10)4(6)9-11(7)8/h3,5,10-11H,1-2H2. The molecule has 0 rings (SSSR count). The molecule has 0 aliphatic heterocycles. The summed E-state index contributed by atoms with van der Waals surface area (Å²) in [6.45, 7) is 0. The minimum Gasteiger partial charge on any atom is -0.381 e. The van der Waals surface area contributed by atoms with Gasteiger partial charge in [0, 0.05) is 0 Å². The number of carbonyl (C=O) groups excluding carboxylic acids is 1. The van der Waals surface area contributed by atoms with Crippen molar-refractivity contribution >= 4 is 29.6 Å². The lowest BCUT2D eigenvalue weighted by molar-refractivity contribution is -0.142. The van der Waals surface area contributed by atoms with E-state index in [0.717, 1.165) is 0 Å². The van der Waals surface area contributed by atoms with E-state index >= 15 is 0 Å². The molecule has 0 aliphatic carbocycles. The highest BCUT2D eigenvalue weighted by Crippen LogP contribution is 1.96. The molecule has 7 heteroatoms. The van der Waals surface area contributed by atoms with Gasteiger partial charge in [-0.25, -0.2) is 4.79 Å². The van der Waals surface area contributed by atoms with E-state index in [0.29, 0.717) is 0 Å². The Morgan fingerprint density at radius 1 is 1.64 bits per heavy atom. The quantitative estimate of drug-likeness (QED) is 0.493. The van der Waals surface area contributed by atoms with E-state index in [9.17, 15) is 13.2 Å². The molecule has 1 atom stereocenters. The summed E-state index contributed by atoms with van der Waals surface area (Å²) in [6.07, 6.45) is -1.33. The number of carbonyl (C=O) groups is 1. The van der Waals surface area contributed by atoms with Crippen LogP contribution >= 0.6 is 12.6 Å². The van der Waals surface area contributed by atoms with Crippen molar-refractivity contribution in [3.8, 4) is 0 Å². The van der Waals surface area contributed by atoms with Crippen LogP contribution < -0.4 is 0 Å². The second kappa shape index (κ2) is 5.39. The molecule has 0 aromatic rings. The summed E-state index contributed by atoms with van der Waals surface area (Å²) in [5.41, 5.74) is 0. The number of aliphatic hydroxyl groups excluding tert-OH is 1. The van der Waals surface area contributed by atoms with Crippen LogP contribution in [0.3, 0.4) is 0 Å². The first-order chi connectivity index (χ1) is 5.07. The van der Waals surface area contributed by atoms with E-state index in [1.54, 1.807) is 0 Å². The Bertz CT molecular complexity index is 191. The zero-order chi connectivity index (χ0) is 8.85. The fraction of sp³-hybridized carbons (Fsp3) is 0.750. The van der Waals surface area contributed by atoms with Gasteiger partial charge in [-0.15, -0.1) is 0 Å². The molecule has 0 aliphatic rings. The van der Waals surface area contributed by atoms with E-state index in [-0.39, 0.29) is 12.2 Å². The Morgan fingerprint density at radius 2 is 2.18 bits per heavy atom. The molecule has 0 amide bonds. The average Bonchev–Trinajstić information content (AvgIpc) is 1.86. The van der Waals surface area contributed by atoms with Crippen LogP contribution in [0, 0.1) is 0 Å². The van der Waals surface area contributed by atoms with E-state index < -0.39 is 23.1 Å². The largest absolute Gasteiger partial charge is 0.381 e. The van der Waals surface area contributed by atoms with Gasteiger partial charge in [0.25, 0.3) is 0 Å². The molecule has 0 aromatic heterocycles. The molecule has 0 spiro atoms. The summed E-state index contributed by atoms with van der Waals surface area (Å²) in [5.74, 6) is -0.874. The van der Waals surface area contributed by atoms with Gasteiger partial charge in [-0.05, 0) is 12.2 Å². The highest BCUT2D eigenvalue weighted by atomic mass is 32.2. The van der Waals surface area contributed by atoms with Crippen molar-refractivity contribution in [2.24, 2.45) is 0 Å². The van der Waals surface area contributed by atoms with Crippen LogP contribution in [0.2, 0.25) is 0 Å². The molecule has 0 heterocycles. The van der Waals surface area contributed by atoms with Crippen molar-refractivity contribution in [1.29, 1.82) is 0 Å². The topological polar surface area (TPSA) is 80.7 Å². The van der Waals surface area contributed by atoms with Crippen molar-refractivity contribution in [2.75, 3.05) is 5.75 Å². The predicted molar refractivity (Wildman–Crippen MR) is 40.9 cm³/mol. The molecule has 1 unspecified atom stereocenters. The molecule has 5 nitrogen and oxygen atoms in total. The lowest BCUT2D eigenvalue weighted by Gasteiger charge is -2.03. The summed E-state index contributed by atoms with van der Waals surface area (Å²) in [5, 5.41) is 8.78. The van der Waals surface area contributed by atoms with E-state index in [2.05, 4.69) is 16.8 Å². The van der Waals surface area contributed by atoms with Gasteiger partial charge in [0.15, 0.2) is 6.10 Å². The highest BCUT2D eigenvalue weighted by molar-refractivity contribution is 7.80. The molecule has 0 aromatic carbocycles. The minimum absolute atomic E-state index is 0.0745. The maximum absolute atomic E-state index is 10.5. The van der Waals surface area contributed by atoms with Crippen molar-refractivity contribution in [2.45, 2.75) is 12.5 Å². The van der Waals surface area contributed by atoms with Gasteiger partial charge in [-0.1, -0.05) is 0 Å². The SMILES string of the molecule is O=C(O[SH](=O)=O)C(O)CCS. The Labute approximate surface area is 70.9 Å². The van der Waals surface area contributed by atoms with Gasteiger partial charge in [0.05, 0.1) is 0 Å². The summed E-state index contributed by atoms with van der Waals surface area (Å²) < 4.78 is 23.3. The number of thiol groups is 2. The van der Waals surface area contributed by atoms with Gasteiger partial charge in [0.2, 0.25) is 0 Å². The van der Waals surface area contributed by atoms with Crippen LogP contribution in [0.25, 0.3) is 0 Å². The third-order valence-corrected chi connectivity index (χ3v) is 1.43. The number of rotatable bonds is 4. The summed E-state index contributed by atoms with van der Waals surface area (Å²) in [4.78, 5) is 10.5. The van der Waals surface area contributed by atoms with Crippen LogP contribution in [-0.4, -0.2) is 31.4 Å². The Hall–Kier alpha value is -0.270. The Kier molecular flexibility index (Phi) is 5.26. The van der Waals surface area contributed by atoms with Crippen molar-refractivity contribution in [3.63, 3.8) is 0 Å². The smallest absolute Gasteiger partial charge is 0.350 e. The monoisotopic (exact) mass is 200 g/mol. The van der Waals surface area contributed by atoms with Crippen molar-refractivity contribution in [3.05, 3.63) is 0 Å². The summed E-state index contributed by atoms with van der Waals surface area (Å²) >= 11 is 3.73. The Morgan fingerprint density at radius 3 is 2.55 bits per heavy atom. The lowest BCUT2D eigenvalue weighted by atomic mass is 10.3. The van der Waals surface area contributed by atoms with Gasteiger partial charge in [0.1, 0.15) is 0 Å². The van der Waals surface area contributed by atoms with Crippen molar-refractivity contribution < 1.29 is 22.5 Å². The average molecular weight is 200 g/mol. The number of hydrogen-bond acceptors (Lipinski definition) is 6. The summed E-state index contributed by atoms with van der Waals surface area (Å²) in [7, 11) is -3.22. The second-order valence-corrected chi connectivity index (χ2v) is 2.74. The molecule has 0 fully saturated rings. The molecule has 66 valence electrons. The molecule has 1 N–H and O–H groups in total. The third-order valence-electron chi connectivity index (χ3n) is 0.839. The van der Waals surface area contributed by atoms with Crippen LogP contribution in [-0.2, 0) is 20.0 Å². The van der Waals surface area contributed by atoms with Gasteiger partial charge < -0.3 is 9.29 Å². The van der Waals surface area contributed by atoms with Crippen LogP contribution in [0.1, 0.15) is 6.42 Å². The number of hydrogen-bond donors (Lipinski definition) is 3. The third kappa shape index (κ3) is 5.05. The van der Waals surface area contributed by atoms with Crippen molar-refractivity contribution in [1.82, 2.24) is 0 Å². The maximum atomic E-state index is 10.5.